The van der Waals surface area contributed by atoms with Crippen molar-refractivity contribution in [2.45, 2.75) is 32.3 Å². The van der Waals surface area contributed by atoms with E-state index in [1.807, 2.05) is 13.0 Å². The summed E-state index contributed by atoms with van der Waals surface area (Å²) in [6.45, 7) is 2.02. The topological polar surface area (TPSA) is 21.6 Å². The Morgan fingerprint density at radius 2 is 2.45 bits per heavy atom. The van der Waals surface area contributed by atoms with E-state index in [-0.39, 0.29) is 0 Å². The number of hydrogen-bond donors (Lipinski definition) is 0. The standard InChI is InChI=1S/C9H13NO/c1-2-4-8-7-5-3-6-9(7)11-10-8/h2,4,7,9H,3,5-6H2,1H3. The van der Waals surface area contributed by atoms with Crippen molar-refractivity contribution in [1.29, 1.82) is 0 Å². The molecule has 0 amide bonds. The van der Waals surface area contributed by atoms with Crippen molar-refractivity contribution >= 4 is 5.71 Å². The molecule has 0 aromatic carbocycles. The minimum atomic E-state index is 0.404. The summed E-state index contributed by atoms with van der Waals surface area (Å²) in [4.78, 5) is 5.28. The molecule has 2 unspecified atom stereocenters. The van der Waals surface area contributed by atoms with Gasteiger partial charge in [-0.15, -0.1) is 0 Å². The average Bonchev–Trinajstić information content (AvgIpc) is 2.53. The molecule has 1 aliphatic carbocycles. The first-order chi connectivity index (χ1) is 5.42. The third-order valence-corrected chi connectivity index (χ3v) is 2.46. The van der Waals surface area contributed by atoms with Gasteiger partial charge < -0.3 is 4.84 Å². The van der Waals surface area contributed by atoms with E-state index >= 15 is 0 Å². The second kappa shape index (κ2) is 2.68. The van der Waals surface area contributed by atoms with Gasteiger partial charge in [-0.05, 0) is 32.3 Å². The molecule has 0 radical (unpaired) electrons. The van der Waals surface area contributed by atoms with E-state index in [2.05, 4.69) is 11.2 Å². The molecular formula is C9H13NO. The highest BCUT2D eigenvalue weighted by molar-refractivity contribution is 5.97. The van der Waals surface area contributed by atoms with Crippen LogP contribution >= 0.6 is 0 Å². The fourth-order valence-electron chi connectivity index (χ4n) is 1.91. The molecule has 2 rings (SSSR count). The molecule has 2 atom stereocenters. The second-order valence-electron chi connectivity index (χ2n) is 3.20. The summed E-state index contributed by atoms with van der Waals surface area (Å²) >= 11 is 0. The number of hydrogen-bond acceptors (Lipinski definition) is 2. The minimum absolute atomic E-state index is 0.404. The van der Waals surface area contributed by atoms with Crippen molar-refractivity contribution in [3.8, 4) is 0 Å². The Morgan fingerprint density at radius 3 is 3.27 bits per heavy atom. The van der Waals surface area contributed by atoms with Crippen molar-refractivity contribution in [1.82, 2.24) is 0 Å². The summed E-state index contributed by atoms with van der Waals surface area (Å²) in [5.41, 5.74) is 1.15. The van der Waals surface area contributed by atoms with Crippen molar-refractivity contribution in [2.24, 2.45) is 11.1 Å². The van der Waals surface area contributed by atoms with Gasteiger partial charge in [-0.3, -0.25) is 0 Å². The van der Waals surface area contributed by atoms with Crippen LogP contribution in [-0.2, 0) is 4.84 Å². The van der Waals surface area contributed by atoms with E-state index in [9.17, 15) is 0 Å². The zero-order chi connectivity index (χ0) is 7.68. The molecule has 1 heterocycles. The van der Waals surface area contributed by atoms with Crippen LogP contribution in [0.5, 0.6) is 0 Å². The van der Waals surface area contributed by atoms with Gasteiger partial charge in [-0.2, -0.15) is 0 Å². The van der Waals surface area contributed by atoms with Gasteiger partial charge in [0.1, 0.15) is 6.10 Å². The molecule has 60 valence electrons. The lowest BCUT2D eigenvalue weighted by Crippen LogP contribution is -2.14. The first-order valence-corrected chi connectivity index (χ1v) is 4.28. The smallest absolute Gasteiger partial charge is 0.136 e. The van der Waals surface area contributed by atoms with Crippen LogP contribution in [0.4, 0.5) is 0 Å². The van der Waals surface area contributed by atoms with Gasteiger partial charge in [0, 0.05) is 5.92 Å². The maximum absolute atomic E-state index is 5.28. The van der Waals surface area contributed by atoms with Gasteiger partial charge in [0.15, 0.2) is 0 Å². The summed E-state index contributed by atoms with van der Waals surface area (Å²) in [6, 6.07) is 0. The van der Waals surface area contributed by atoms with Gasteiger partial charge in [0.05, 0.1) is 5.71 Å². The Hall–Kier alpha value is -0.790. The fourth-order valence-corrected chi connectivity index (χ4v) is 1.91. The predicted molar refractivity (Wildman–Crippen MR) is 44.5 cm³/mol. The first kappa shape index (κ1) is 6.89. The Kier molecular flexibility index (Phi) is 1.68. The van der Waals surface area contributed by atoms with Gasteiger partial charge in [0.25, 0.3) is 0 Å². The van der Waals surface area contributed by atoms with Gasteiger partial charge in [-0.25, -0.2) is 0 Å². The first-order valence-electron chi connectivity index (χ1n) is 4.28. The maximum atomic E-state index is 5.28. The summed E-state index contributed by atoms with van der Waals surface area (Å²) < 4.78 is 0. The van der Waals surface area contributed by atoms with E-state index in [0.717, 1.165) is 5.71 Å². The Bertz CT molecular complexity index is 208. The van der Waals surface area contributed by atoms with Crippen LogP contribution < -0.4 is 0 Å². The number of allylic oxidation sites excluding steroid dienone is 2. The number of rotatable bonds is 1. The summed E-state index contributed by atoms with van der Waals surface area (Å²) in [6.07, 6.45) is 8.25. The molecule has 0 aromatic rings. The van der Waals surface area contributed by atoms with E-state index in [1.54, 1.807) is 0 Å². The fraction of sp³-hybridized carbons (Fsp3) is 0.667. The SMILES string of the molecule is CC=CC1=NOC2CCCC12. The summed E-state index contributed by atoms with van der Waals surface area (Å²) in [5.74, 6) is 0.603. The molecule has 2 aliphatic rings. The molecule has 1 fully saturated rings. The minimum Gasteiger partial charge on any atom is -0.392 e. The molecule has 0 aromatic heterocycles. The van der Waals surface area contributed by atoms with Crippen LogP contribution in [0.2, 0.25) is 0 Å². The van der Waals surface area contributed by atoms with Crippen molar-refractivity contribution in [3.05, 3.63) is 12.2 Å². The third-order valence-electron chi connectivity index (χ3n) is 2.46. The lowest BCUT2D eigenvalue weighted by atomic mass is 10.0. The van der Waals surface area contributed by atoms with Gasteiger partial charge in [0.2, 0.25) is 0 Å². The van der Waals surface area contributed by atoms with Crippen LogP contribution in [0, 0.1) is 5.92 Å². The Morgan fingerprint density at radius 1 is 1.55 bits per heavy atom. The zero-order valence-electron chi connectivity index (χ0n) is 6.79. The van der Waals surface area contributed by atoms with Crippen LogP contribution in [0.25, 0.3) is 0 Å². The number of oxime groups is 1. The van der Waals surface area contributed by atoms with Crippen molar-refractivity contribution in [3.63, 3.8) is 0 Å². The molecule has 1 aliphatic heterocycles. The Labute approximate surface area is 66.9 Å². The highest BCUT2D eigenvalue weighted by atomic mass is 16.6. The van der Waals surface area contributed by atoms with E-state index in [4.69, 9.17) is 4.84 Å². The molecular weight excluding hydrogens is 138 g/mol. The van der Waals surface area contributed by atoms with Gasteiger partial charge in [-0.1, -0.05) is 11.2 Å². The normalized spacial score (nSPS) is 35.5. The molecule has 2 heteroatoms. The summed E-state index contributed by atoms with van der Waals surface area (Å²) in [5, 5.41) is 4.04. The molecule has 2 nitrogen and oxygen atoms in total. The van der Waals surface area contributed by atoms with Crippen LogP contribution in [0.3, 0.4) is 0 Å². The second-order valence-corrected chi connectivity index (χ2v) is 3.20. The van der Waals surface area contributed by atoms with Crippen molar-refractivity contribution in [2.75, 3.05) is 0 Å². The lowest BCUT2D eigenvalue weighted by Gasteiger charge is -2.04. The molecule has 11 heavy (non-hydrogen) atoms. The molecule has 0 bridgehead atoms. The third kappa shape index (κ3) is 1.06. The van der Waals surface area contributed by atoms with E-state index in [0.29, 0.717) is 12.0 Å². The maximum Gasteiger partial charge on any atom is 0.136 e. The van der Waals surface area contributed by atoms with Crippen molar-refractivity contribution < 1.29 is 4.84 Å². The van der Waals surface area contributed by atoms with Crippen LogP contribution in [0.15, 0.2) is 17.3 Å². The number of fused-ring (bicyclic) bond motifs is 1. The average molecular weight is 151 g/mol. The predicted octanol–water partition coefficient (Wildman–Crippen LogP) is 2.12. The number of nitrogens with zero attached hydrogens (tertiary/aromatic N) is 1. The summed E-state index contributed by atoms with van der Waals surface area (Å²) in [7, 11) is 0. The highest BCUT2D eigenvalue weighted by Crippen LogP contribution is 2.34. The largest absolute Gasteiger partial charge is 0.392 e. The van der Waals surface area contributed by atoms with E-state index in [1.165, 1.54) is 19.3 Å². The quantitative estimate of drug-likeness (QED) is 0.562. The van der Waals surface area contributed by atoms with Crippen LogP contribution in [0.1, 0.15) is 26.2 Å². The monoisotopic (exact) mass is 151 g/mol. The molecule has 0 saturated heterocycles. The molecule has 1 saturated carbocycles. The molecule has 0 N–H and O–H groups in total. The lowest BCUT2D eigenvalue weighted by molar-refractivity contribution is 0.0746. The highest BCUT2D eigenvalue weighted by Gasteiger charge is 2.36. The zero-order valence-corrected chi connectivity index (χ0v) is 6.79. The van der Waals surface area contributed by atoms with Gasteiger partial charge >= 0.3 is 0 Å². The van der Waals surface area contributed by atoms with E-state index < -0.39 is 0 Å². The Balaban J connectivity index is 2.11. The molecule has 0 spiro atoms. The van der Waals surface area contributed by atoms with Crippen LogP contribution in [-0.4, -0.2) is 11.8 Å².